The van der Waals surface area contributed by atoms with Gasteiger partial charge in [0.1, 0.15) is 5.60 Å². The number of amides is 1. The van der Waals surface area contributed by atoms with Crippen molar-refractivity contribution >= 4 is 17.9 Å². The first kappa shape index (κ1) is 17.2. The topological polar surface area (TPSA) is 47.4 Å². The third kappa shape index (κ3) is 4.66. The van der Waals surface area contributed by atoms with Crippen LogP contribution in [0.3, 0.4) is 0 Å². The molecular formula is C16H27N3O2S. The Morgan fingerprint density at radius 1 is 1.45 bits per heavy atom. The largest absolute Gasteiger partial charge is 0.444 e. The van der Waals surface area contributed by atoms with Gasteiger partial charge in [-0.1, -0.05) is 0 Å². The molecule has 1 saturated heterocycles. The van der Waals surface area contributed by atoms with Gasteiger partial charge in [-0.25, -0.2) is 4.79 Å². The number of aromatic nitrogens is 2. The summed E-state index contributed by atoms with van der Waals surface area (Å²) in [6.07, 6.45) is 3.10. The van der Waals surface area contributed by atoms with E-state index in [4.69, 9.17) is 4.74 Å². The number of rotatable bonds is 3. The molecule has 0 radical (unpaired) electrons. The van der Waals surface area contributed by atoms with Crippen LogP contribution in [-0.4, -0.2) is 44.7 Å². The first-order valence-electron chi connectivity index (χ1n) is 7.89. The van der Waals surface area contributed by atoms with E-state index in [0.717, 1.165) is 35.9 Å². The van der Waals surface area contributed by atoms with E-state index in [-0.39, 0.29) is 12.1 Å². The average Bonchev–Trinajstić information content (AvgIpc) is 2.73. The van der Waals surface area contributed by atoms with Crippen molar-refractivity contribution in [3.05, 3.63) is 11.8 Å². The molecule has 0 saturated carbocycles. The van der Waals surface area contributed by atoms with Crippen LogP contribution in [0.15, 0.2) is 11.1 Å². The Kier molecular flexibility index (Phi) is 5.42. The third-order valence-electron chi connectivity index (χ3n) is 3.64. The Balaban J connectivity index is 1.97. The molecule has 5 nitrogen and oxygen atoms in total. The molecule has 1 aliphatic heterocycles. The second kappa shape index (κ2) is 6.94. The van der Waals surface area contributed by atoms with Crippen LogP contribution in [-0.2, 0) is 11.8 Å². The van der Waals surface area contributed by atoms with Gasteiger partial charge in [-0.15, -0.1) is 11.8 Å². The zero-order chi connectivity index (χ0) is 16.3. The Labute approximate surface area is 137 Å². The summed E-state index contributed by atoms with van der Waals surface area (Å²) in [6.45, 7) is 8.53. The number of ether oxygens (including phenoxy) is 1. The summed E-state index contributed by atoms with van der Waals surface area (Å²) in [6, 6.07) is 2.33. The smallest absolute Gasteiger partial charge is 0.410 e. The Bertz CT molecular complexity index is 522. The SMILES string of the molecule is Cc1cc(SCC2CCCCN2C(=O)OC(C)(C)C)n(C)n1. The van der Waals surface area contributed by atoms with Crippen molar-refractivity contribution < 1.29 is 9.53 Å². The summed E-state index contributed by atoms with van der Waals surface area (Å²) in [5.74, 6) is 0.887. The molecule has 124 valence electrons. The number of carbonyl (C=O) groups is 1. The number of piperidine rings is 1. The molecule has 1 atom stereocenters. The molecule has 1 aromatic rings. The van der Waals surface area contributed by atoms with E-state index in [1.54, 1.807) is 11.8 Å². The molecule has 0 aliphatic carbocycles. The van der Waals surface area contributed by atoms with Gasteiger partial charge >= 0.3 is 6.09 Å². The molecule has 22 heavy (non-hydrogen) atoms. The summed E-state index contributed by atoms with van der Waals surface area (Å²) in [4.78, 5) is 14.3. The van der Waals surface area contributed by atoms with E-state index in [9.17, 15) is 4.79 Å². The van der Waals surface area contributed by atoms with Crippen LogP contribution in [0, 0.1) is 6.92 Å². The lowest BCUT2D eigenvalue weighted by molar-refractivity contribution is 0.0126. The molecule has 0 spiro atoms. The van der Waals surface area contributed by atoms with Gasteiger partial charge in [0.15, 0.2) is 0 Å². The second-order valence-electron chi connectivity index (χ2n) is 6.88. The molecule has 1 unspecified atom stereocenters. The molecule has 0 N–H and O–H groups in total. The summed E-state index contributed by atoms with van der Waals surface area (Å²) in [5, 5.41) is 5.51. The van der Waals surface area contributed by atoms with E-state index in [2.05, 4.69) is 11.2 Å². The molecular weight excluding hydrogens is 298 g/mol. The van der Waals surface area contributed by atoms with Gasteiger partial charge in [0.2, 0.25) is 0 Å². The summed E-state index contributed by atoms with van der Waals surface area (Å²) in [5.41, 5.74) is 0.586. The zero-order valence-electron chi connectivity index (χ0n) is 14.3. The van der Waals surface area contributed by atoms with Crippen LogP contribution in [0.5, 0.6) is 0 Å². The van der Waals surface area contributed by atoms with Crippen LogP contribution in [0.4, 0.5) is 4.79 Å². The van der Waals surface area contributed by atoms with Crippen molar-refractivity contribution in [3.63, 3.8) is 0 Å². The molecule has 0 aromatic carbocycles. The van der Waals surface area contributed by atoms with Crippen molar-refractivity contribution in [2.24, 2.45) is 7.05 Å². The van der Waals surface area contributed by atoms with E-state index in [0.29, 0.717) is 0 Å². The first-order valence-corrected chi connectivity index (χ1v) is 8.88. The Morgan fingerprint density at radius 3 is 2.77 bits per heavy atom. The minimum absolute atomic E-state index is 0.181. The second-order valence-corrected chi connectivity index (χ2v) is 7.92. The van der Waals surface area contributed by atoms with Crippen molar-refractivity contribution in [1.29, 1.82) is 0 Å². The van der Waals surface area contributed by atoms with Crippen LogP contribution >= 0.6 is 11.8 Å². The van der Waals surface area contributed by atoms with Gasteiger partial charge in [-0.3, -0.25) is 4.68 Å². The Morgan fingerprint density at radius 2 is 2.18 bits per heavy atom. The number of aryl methyl sites for hydroxylation is 2. The summed E-state index contributed by atoms with van der Waals surface area (Å²) in [7, 11) is 1.96. The van der Waals surface area contributed by atoms with Gasteiger partial charge in [0.05, 0.1) is 10.7 Å². The normalized spacial score (nSPS) is 19.3. The van der Waals surface area contributed by atoms with Gasteiger partial charge < -0.3 is 9.64 Å². The van der Waals surface area contributed by atoms with Crippen LogP contribution in [0.25, 0.3) is 0 Å². The molecule has 2 heterocycles. The third-order valence-corrected chi connectivity index (χ3v) is 4.87. The van der Waals surface area contributed by atoms with Crippen molar-refractivity contribution in [3.8, 4) is 0 Å². The molecule has 1 fully saturated rings. The van der Waals surface area contributed by atoms with Gasteiger partial charge in [0.25, 0.3) is 0 Å². The van der Waals surface area contributed by atoms with E-state index in [1.165, 1.54) is 6.42 Å². The van der Waals surface area contributed by atoms with Crippen molar-refractivity contribution in [2.75, 3.05) is 12.3 Å². The van der Waals surface area contributed by atoms with Gasteiger partial charge in [0, 0.05) is 25.4 Å². The van der Waals surface area contributed by atoms with Gasteiger partial charge in [-0.2, -0.15) is 5.10 Å². The van der Waals surface area contributed by atoms with Gasteiger partial charge in [-0.05, 0) is 53.0 Å². The highest BCUT2D eigenvalue weighted by atomic mass is 32.2. The fourth-order valence-electron chi connectivity index (χ4n) is 2.64. The van der Waals surface area contributed by atoms with Crippen LogP contribution in [0.1, 0.15) is 45.7 Å². The molecule has 1 amide bonds. The predicted octanol–water partition coefficient (Wildman–Crippen LogP) is 3.61. The lowest BCUT2D eigenvalue weighted by atomic mass is 10.0. The van der Waals surface area contributed by atoms with E-state index in [1.807, 2.05) is 44.3 Å². The van der Waals surface area contributed by atoms with Crippen molar-refractivity contribution in [2.45, 2.75) is 63.6 Å². The first-order chi connectivity index (χ1) is 10.3. The van der Waals surface area contributed by atoms with Crippen molar-refractivity contribution in [1.82, 2.24) is 14.7 Å². The van der Waals surface area contributed by atoms with E-state index < -0.39 is 5.60 Å². The highest BCUT2D eigenvalue weighted by Crippen LogP contribution is 2.26. The number of thioether (sulfide) groups is 1. The minimum atomic E-state index is -0.439. The fourth-order valence-corrected chi connectivity index (χ4v) is 3.83. The maximum absolute atomic E-state index is 12.4. The molecule has 1 aromatic heterocycles. The maximum atomic E-state index is 12.4. The number of likely N-dealkylation sites (tertiary alicyclic amines) is 1. The quantitative estimate of drug-likeness (QED) is 0.797. The van der Waals surface area contributed by atoms with Crippen LogP contribution < -0.4 is 0 Å². The minimum Gasteiger partial charge on any atom is -0.444 e. The number of carbonyl (C=O) groups excluding carboxylic acids is 1. The highest BCUT2D eigenvalue weighted by Gasteiger charge is 2.30. The fraction of sp³-hybridized carbons (Fsp3) is 0.750. The lowest BCUT2D eigenvalue weighted by Crippen LogP contribution is -2.47. The summed E-state index contributed by atoms with van der Waals surface area (Å²) >= 11 is 1.76. The molecule has 6 heteroatoms. The molecule has 0 bridgehead atoms. The number of hydrogen-bond donors (Lipinski definition) is 0. The lowest BCUT2D eigenvalue weighted by Gasteiger charge is -2.36. The number of nitrogens with zero attached hydrogens (tertiary/aromatic N) is 3. The monoisotopic (exact) mass is 325 g/mol. The molecule has 1 aliphatic rings. The van der Waals surface area contributed by atoms with E-state index >= 15 is 0 Å². The highest BCUT2D eigenvalue weighted by molar-refractivity contribution is 7.99. The predicted molar refractivity (Wildman–Crippen MR) is 89.2 cm³/mol. The maximum Gasteiger partial charge on any atom is 0.410 e. The number of hydrogen-bond acceptors (Lipinski definition) is 4. The average molecular weight is 325 g/mol. The Hall–Kier alpha value is -1.17. The standard InChI is InChI=1S/C16H27N3O2S/c1-12-10-14(18(5)17-12)22-11-13-8-6-7-9-19(13)15(20)21-16(2,3)4/h10,13H,6-9,11H2,1-5H3. The van der Waals surface area contributed by atoms with Crippen LogP contribution in [0.2, 0.25) is 0 Å². The molecule has 2 rings (SSSR count). The summed E-state index contributed by atoms with van der Waals surface area (Å²) < 4.78 is 7.45. The zero-order valence-corrected chi connectivity index (χ0v) is 15.1.